The van der Waals surface area contributed by atoms with Crippen molar-refractivity contribution in [1.29, 1.82) is 0 Å². The highest BCUT2D eigenvalue weighted by atomic mass is 32.2. The van der Waals surface area contributed by atoms with Crippen LogP contribution in [0, 0.1) is 0 Å². The molecule has 7 heteroatoms. The van der Waals surface area contributed by atoms with Gasteiger partial charge in [-0.15, -0.1) is 0 Å². The highest BCUT2D eigenvalue weighted by Gasteiger charge is 2.14. The Morgan fingerprint density at radius 1 is 1.24 bits per heavy atom. The minimum atomic E-state index is -3.37. The average Bonchev–Trinajstić information content (AvgIpc) is 2.59. The molecule has 0 bridgehead atoms. The summed E-state index contributed by atoms with van der Waals surface area (Å²) in [5.74, 6) is 0.185. The van der Waals surface area contributed by atoms with E-state index in [2.05, 4.69) is 15.6 Å². The lowest BCUT2D eigenvalue weighted by atomic mass is 10.1. The summed E-state index contributed by atoms with van der Waals surface area (Å²) in [6, 6.07) is 10.4. The number of rotatable bonds is 7. The Balaban J connectivity index is 2.13. The number of carbonyl (C=O) groups excluding carboxylic acids is 1. The molecule has 1 atom stereocenters. The van der Waals surface area contributed by atoms with E-state index < -0.39 is 9.84 Å². The Morgan fingerprint density at radius 2 is 2.00 bits per heavy atom. The number of anilines is 1. The van der Waals surface area contributed by atoms with Gasteiger partial charge in [0.25, 0.3) is 5.91 Å². The van der Waals surface area contributed by atoms with Crippen molar-refractivity contribution < 1.29 is 13.2 Å². The molecule has 134 valence electrons. The lowest BCUT2D eigenvalue weighted by Gasteiger charge is -2.13. The first-order valence-corrected chi connectivity index (χ1v) is 9.99. The van der Waals surface area contributed by atoms with Crippen LogP contribution in [-0.4, -0.2) is 31.6 Å². The zero-order valence-electron chi connectivity index (χ0n) is 14.6. The molecule has 1 aromatic heterocycles. The maximum Gasteiger partial charge on any atom is 0.251 e. The number of nitrogens with zero attached hydrogens (tertiary/aromatic N) is 1. The highest BCUT2D eigenvalue weighted by molar-refractivity contribution is 7.90. The van der Waals surface area contributed by atoms with Crippen molar-refractivity contribution in [2.45, 2.75) is 37.8 Å². The summed E-state index contributed by atoms with van der Waals surface area (Å²) in [4.78, 5) is 16.5. The van der Waals surface area contributed by atoms with E-state index in [-0.39, 0.29) is 16.8 Å². The monoisotopic (exact) mass is 361 g/mol. The van der Waals surface area contributed by atoms with Gasteiger partial charge in [0.1, 0.15) is 10.7 Å². The summed E-state index contributed by atoms with van der Waals surface area (Å²) in [5, 5.41) is 5.96. The van der Waals surface area contributed by atoms with Crippen LogP contribution in [0.2, 0.25) is 0 Å². The largest absolute Gasteiger partial charge is 0.365 e. The van der Waals surface area contributed by atoms with Gasteiger partial charge in [-0.25, -0.2) is 13.4 Å². The average molecular weight is 361 g/mol. The van der Waals surface area contributed by atoms with E-state index in [1.165, 1.54) is 12.3 Å². The van der Waals surface area contributed by atoms with Gasteiger partial charge in [0, 0.05) is 30.6 Å². The van der Waals surface area contributed by atoms with Crippen LogP contribution < -0.4 is 10.6 Å². The second-order valence-electron chi connectivity index (χ2n) is 5.96. The van der Waals surface area contributed by atoms with Gasteiger partial charge in [-0.2, -0.15) is 0 Å². The number of amides is 1. The molecular formula is C18H23N3O3S. The van der Waals surface area contributed by atoms with Gasteiger partial charge in [0.05, 0.1) is 0 Å². The fourth-order valence-electron chi connectivity index (χ4n) is 2.24. The van der Waals surface area contributed by atoms with Crippen LogP contribution in [-0.2, 0) is 16.4 Å². The van der Waals surface area contributed by atoms with Crippen LogP contribution in [0.25, 0.3) is 0 Å². The van der Waals surface area contributed by atoms with E-state index in [1.54, 1.807) is 24.3 Å². The summed E-state index contributed by atoms with van der Waals surface area (Å²) in [7, 11) is -3.37. The second-order valence-corrected chi connectivity index (χ2v) is 7.94. The van der Waals surface area contributed by atoms with E-state index in [0.717, 1.165) is 18.2 Å². The molecule has 0 spiro atoms. The molecule has 1 unspecified atom stereocenters. The Kier molecular flexibility index (Phi) is 6.14. The maximum atomic E-state index is 12.2. The first kappa shape index (κ1) is 18.9. The van der Waals surface area contributed by atoms with Crippen LogP contribution in [0.4, 0.5) is 5.82 Å². The lowest BCUT2D eigenvalue weighted by molar-refractivity contribution is 0.0939. The third-order valence-corrected chi connectivity index (χ3v) is 4.94. The Morgan fingerprint density at radius 3 is 2.68 bits per heavy atom. The van der Waals surface area contributed by atoms with Crippen molar-refractivity contribution >= 4 is 21.6 Å². The Bertz CT molecular complexity index is 850. The van der Waals surface area contributed by atoms with Gasteiger partial charge >= 0.3 is 0 Å². The van der Waals surface area contributed by atoms with Gasteiger partial charge in [0.2, 0.25) is 0 Å². The van der Waals surface area contributed by atoms with E-state index >= 15 is 0 Å². The number of nitrogens with one attached hydrogen (secondary N) is 2. The van der Waals surface area contributed by atoms with Crippen LogP contribution in [0.3, 0.4) is 0 Å². The van der Waals surface area contributed by atoms with Gasteiger partial charge in [-0.1, -0.05) is 19.1 Å². The van der Waals surface area contributed by atoms with Crippen molar-refractivity contribution in [2.24, 2.45) is 0 Å². The SMILES string of the molecule is CCC(C)NC(=O)c1cccc(CNc2ncccc2S(C)(=O)=O)c1. The van der Waals surface area contributed by atoms with E-state index in [4.69, 9.17) is 0 Å². The topological polar surface area (TPSA) is 88.2 Å². The van der Waals surface area contributed by atoms with Gasteiger partial charge in [0.15, 0.2) is 9.84 Å². The third kappa shape index (κ3) is 5.29. The smallest absolute Gasteiger partial charge is 0.251 e. The lowest BCUT2D eigenvalue weighted by Crippen LogP contribution is -2.31. The highest BCUT2D eigenvalue weighted by Crippen LogP contribution is 2.18. The molecule has 0 aliphatic carbocycles. The molecule has 25 heavy (non-hydrogen) atoms. The predicted octanol–water partition coefficient (Wildman–Crippen LogP) is 2.63. The van der Waals surface area contributed by atoms with Crippen LogP contribution >= 0.6 is 0 Å². The number of benzene rings is 1. The molecule has 0 saturated carbocycles. The van der Waals surface area contributed by atoms with Crippen molar-refractivity contribution in [3.05, 3.63) is 53.7 Å². The molecule has 1 aromatic carbocycles. The number of pyridine rings is 1. The molecule has 0 fully saturated rings. The van der Waals surface area contributed by atoms with Crippen LogP contribution in [0.1, 0.15) is 36.2 Å². The quantitative estimate of drug-likeness (QED) is 0.791. The van der Waals surface area contributed by atoms with Crippen molar-refractivity contribution in [3.63, 3.8) is 0 Å². The molecule has 2 N–H and O–H groups in total. The van der Waals surface area contributed by atoms with E-state index in [9.17, 15) is 13.2 Å². The molecule has 1 heterocycles. The fraction of sp³-hybridized carbons (Fsp3) is 0.333. The molecule has 0 aliphatic heterocycles. The summed E-state index contributed by atoms with van der Waals surface area (Å²) in [6.07, 6.45) is 3.54. The summed E-state index contributed by atoms with van der Waals surface area (Å²) >= 11 is 0. The van der Waals surface area contributed by atoms with Crippen LogP contribution in [0.15, 0.2) is 47.5 Å². The number of aromatic nitrogens is 1. The number of carbonyl (C=O) groups is 1. The molecule has 0 saturated heterocycles. The van der Waals surface area contributed by atoms with Gasteiger partial charge in [-0.3, -0.25) is 4.79 Å². The standard InChI is InChI=1S/C18H23N3O3S/c1-4-13(2)21-18(22)15-8-5-7-14(11-15)12-20-17-16(25(3,23)24)9-6-10-19-17/h5-11,13H,4,12H2,1-3H3,(H,19,20)(H,21,22). The summed E-state index contributed by atoms with van der Waals surface area (Å²) in [5.41, 5.74) is 1.44. The van der Waals surface area contributed by atoms with Crippen molar-refractivity contribution in [3.8, 4) is 0 Å². The normalized spacial score (nSPS) is 12.4. The second kappa shape index (κ2) is 8.11. The molecule has 2 rings (SSSR count). The zero-order chi connectivity index (χ0) is 18.4. The number of hydrogen-bond donors (Lipinski definition) is 2. The minimum Gasteiger partial charge on any atom is -0.365 e. The third-order valence-electron chi connectivity index (χ3n) is 3.81. The van der Waals surface area contributed by atoms with Crippen LogP contribution in [0.5, 0.6) is 0 Å². The Hall–Kier alpha value is -2.41. The van der Waals surface area contributed by atoms with Gasteiger partial charge in [-0.05, 0) is 43.2 Å². The van der Waals surface area contributed by atoms with Gasteiger partial charge < -0.3 is 10.6 Å². The molecule has 1 amide bonds. The summed E-state index contributed by atoms with van der Waals surface area (Å²) < 4.78 is 23.6. The zero-order valence-corrected chi connectivity index (χ0v) is 15.4. The first-order chi connectivity index (χ1) is 11.8. The van der Waals surface area contributed by atoms with Crippen molar-refractivity contribution in [2.75, 3.05) is 11.6 Å². The predicted molar refractivity (Wildman–Crippen MR) is 98.3 cm³/mol. The van der Waals surface area contributed by atoms with E-state index in [0.29, 0.717) is 17.9 Å². The maximum absolute atomic E-state index is 12.2. The van der Waals surface area contributed by atoms with Crippen molar-refractivity contribution in [1.82, 2.24) is 10.3 Å². The minimum absolute atomic E-state index is 0.111. The molecular weight excluding hydrogens is 338 g/mol. The number of hydrogen-bond acceptors (Lipinski definition) is 5. The molecule has 0 radical (unpaired) electrons. The number of sulfone groups is 1. The molecule has 2 aromatic rings. The fourth-order valence-corrected chi connectivity index (χ4v) is 3.04. The molecule has 0 aliphatic rings. The van der Waals surface area contributed by atoms with E-state index in [1.807, 2.05) is 19.9 Å². The molecule has 6 nitrogen and oxygen atoms in total. The summed E-state index contributed by atoms with van der Waals surface area (Å²) in [6.45, 7) is 4.33. The first-order valence-electron chi connectivity index (χ1n) is 8.10. The Labute approximate surface area is 148 Å².